The lowest BCUT2D eigenvalue weighted by Crippen LogP contribution is -2.55. The summed E-state index contributed by atoms with van der Waals surface area (Å²) in [4.78, 5) is 16.7. The standard InChI is InChI=1S/C18H29N3O4/c1-5-12-14(22)15(23)16(25-12)11-7-6-10-9(4)19-18(20-13(10)11)21-17(24)8(2)3/h6-16,22-23H,5H2,1-4H3,(H2,19,20,21,24)/t9?,10?,11?,12-,13?,14?,15+,16+/m1/s1. The number of amides is 1. The van der Waals surface area contributed by atoms with Crippen molar-refractivity contribution in [3.63, 3.8) is 0 Å². The van der Waals surface area contributed by atoms with Gasteiger partial charge in [0.25, 0.3) is 0 Å². The minimum atomic E-state index is -0.924. The highest BCUT2D eigenvalue weighted by Crippen LogP contribution is 2.39. The first kappa shape index (κ1) is 18.4. The van der Waals surface area contributed by atoms with Gasteiger partial charge in [0.1, 0.15) is 12.2 Å². The molecule has 7 nitrogen and oxygen atoms in total. The fourth-order valence-electron chi connectivity index (χ4n) is 3.94. The van der Waals surface area contributed by atoms with Crippen LogP contribution in [0.3, 0.4) is 0 Å². The highest BCUT2D eigenvalue weighted by molar-refractivity contribution is 5.98. The van der Waals surface area contributed by atoms with Crippen LogP contribution in [0.15, 0.2) is 17.1 Å². The zero-order valence-electron chi connectivity index (χ0n) is 15.2. The highest BCUT2D eigenvalue weighted by Gasteiger charge is 2.50. The highest BCUT2D eigenvalue weighted by atomic mass is 16.5. The zero-order valence-corrected chi connectivity index (χ0v) is 15.2. The second-order valence-corrected chi connectivity index (χ2v) is 7.61. The first-order chi connectivity index (χ1) is 11.8. The molecule has 0 bridgehead atoms. The molecule has 25 heavy (non-hydrogen) atoms. The molecule has 1 saturated heterocycles. The van der Waals surface area contributed by atoms with E-state index in [9.17, 15) is 15.0 Å². The summed E-state index contributed by atoms with van der Waals surface area (Å²) in [6, 6.07) is -0.0159. The molecular weight excluding hydrogens is 322 g/mol. The van der Waals surface area contributed by atoms with Crippen LogP contribution in [0.25, 0.3) is 0 Å². The van der Waals surface area contributed by atoms with E-state index in [4.69, 9.17) is 9.73 Å². The summed E-state index contributed by atoms with van der Waals surface area (Å²) in [5.74, 6) is 0.301. The Bertz CT molecular complexity index is 577. The number of ether oxygens (including phenoxy) is 1. The summed E-state index contributed by atoms with van der Waals surface area (Å²) >= 11 is 0. The molecule has 2 aliphatic heterocycles. The van der Waals surface area contributed by atoms with Crippen LogP contribution < -0.4 is 10.6 Å². The lowest BCUT2D eigenvalue weighted by Gasteiger charge is -2.35. The molecule has 140 valence electrons. The van der Waals surface area contributed by atoms with Crippen LogP contribution in [0.1, 0.15) is 34.1 Å². The Hall–Kier alpha value is -1.44. The van der Waals surface area contributed by atoms with Crippen LogP contribution in [-0.4, -0.2) is 58.6 Å². The van der Waals surface area contributed by atoms with E-state index in [2.05, 4.69) is 23.6 Å². The van der Waals surface area contributed by atoms with Crippen molar-refractivity contribution in [1.29, 1.82) is 0 Å². The topological polar surface area (TPSA) is 103 Å². The molecule has 8 atom stereocenters. The van der Waals surface area contributed by atoms with Gasteiger partial charge in [-0.15, -0.1) is 0 Å². The average molecular weight is 351 g/mol. The van der Waals surface area contributed by atoms with Gasteiger partial charge in [-0.3, -0.25) is 10.1 Å². The second-order valence-electron chi connectivity index (χ2n) is 7.61. The van der Waals surface area contributed by atoms with Gasteiger partial charge in [-0.2, -0.15) is 0 Å². The maximum absolute atomic E-state index is 12.0. The van der Waals surface area contributed by atoms with Crippen LogP contribution in [0.2, 0.25) is 0 Å². The van der Waals surface area contributed by atoms with Crippen LogP contribution in [-0.2, 0) is 9.53 Å². The Morgan fingerprint density at radius 1 is 1.32 bits per heavy atom. The van der Waals surface area contributed by atoms with Crippen LogP contribution >= 0.6 is 0 Å². The van der Waals surface area contributed by atoms with Crippen LogP contribution in [0, 0.1) is 17.8 Å². The quantitative estimate of drug-likeness (QED) is 0.543. The largest absolute Gasteiger partial charge is 0.388 e. The fraction of sp³-hybridized carbons (Fsp3) is 0.778. The number of carbonyl (C=O) groups excluding carboxylic acids is 1. The molecule has 3 aliphatic rings. The number of hydrogen-bond donors (Lipinski definition) is 4. The maximum atomic E-state index is 12.0. The minimum Gasteiger partial charge on any atom is -0.388 e. The number of hydrogen-bond acceptors (Lipinski definition) is 6. The zero-order chi connectivity index (χ0) is 18.3. The lowest BCUT2D eigenvalue weighted by atomic mass is 9.85. The Morgan fingerprint density at radius 3 is 2.60 bits per heavy atom. The van der Waals surface area contributed by atoms with E-state index in [0.29, 0.717) is 12.4 Å². The van der Waals surface area contributed by atoms with Crippen molar-refractivity contribution in [1.82, 2.24) is 10.6 Å². The molecule has 0 aromatic heterocycles. The summed E-state index contributed by atoms with van der Waals surface area (Å²) in [5.41, 5.74) is 0. The molecular formula is C18H29N3O4. The van der Waals surface area contributed by atoms with Gasteiger partial charge in [0, 0.05) is 23.8 Å². The molecule has 0 aromatic rings. The number of aliphatic hydroxyl groups excluding tert-OH is 2. The van der Waals surface area contributed by atoms with Gasteiger partial charge < -0.3 is 20.3 Å². The molecule has 0 spiro atoms. The number of guanidine groups is 1. The third-order valence-corrected chi connectivity index (χ3v) is 5.51. The summed E-state index contributed by atoms with van der Waals surface area (Å²) in [7, 11) is 0. The van der Waals surface area contributed by atoms with Gasteiger partial charge in [-0.25, -0.2) is 4.99 Å². The number of rotatable bonds is 3. The summed E-state index contributed by atoms with van der Waals surface area (Å²) < 4.78 is 5.93. The molecule has 2 heterocycles. The van der Waals surface area contributed by atoms with Crippen molar-refractivity contribution in [3.8, 4) is 0 Å². The molecule has 1 fully saturated rings. The summed E-state index contributed by atoms with van der Waals surface area (Å²) in [6.45, 7) is 7.65. The normalized spacial score (nSPS) is 42.9. The molecule has 3 rings (SSSR count). The predicted octanol–water partition coefficient (Wildman–Crippen LogP) is 0.176. The molecule has 0 aromatic carbocycles. The second kappa shape index (κ2) is 7.05. The summed E-state index contributed by atoms with van der Waals surface area (Å²) in [6.07, 6.45) is 2.15. The maximum Gasteiger partial charge on any atom is 0.229 e. The molecule has 4 N–H and O–H groups in total. The van der Waals surface area contributed by atoms with Crippen molar-refractivity contribution in [2.75, 3.05) is 0 Å². The third kappa shape index (κ3) is 3.32. The smallest absolute Gasteiger partial charge is 0.229 e. The molecule has 5 unspecified atom stereocenters. The fourth-order valence-corrected chi connectivity index (χ4v) is 3.94. The van der Waals surface area contributed by atoms with Crippen LogP contribution in [0.5, 0.6) is 0 Å². The molecule has 0 radical (unpaired) electrons. The lowest BCUT2D eigenvalue weighted by molar-refractivity contribution is -0.122. The Balaban J connectivity index is 1.79. The van der Waals surface area contributed by atoms with Crippen molar-refractivity contribution < 1.29 is 19.7 Å². The van der Waals surface area contributed by atoms with Gasteiger partial charge in [-0.1, -0.05) is 32.9 Å². The first-order valence-electron chi connectivity index (χ1n) is 9.18. The van der Waals surface area contributed by atoms with E-state index >= 15 is 0 Å². The van der Waals surface area contributed by atoms with E-state index in [1.165, 1.54) is 0 Å². The number of aliphatic hydroxyl groups is 2. The Labute approximate surface area is 148 Å². The summed E-state index contributed by atoms with van der Waals surface area (Å²) in [5, 5.41) is 26.7. The monoisotopic (exact) mass is 351 g/mol. The van der Waals surface area contributed by atoms with E-state index in [0.717, 1.165) is 0 Å². The van der Waals surface area contributed by atoms with Gasteiger partial charge in [0.05, 0.1) is 18.2 Å². The number of fused-ring (bicyclic) bond motifs is 1. The Morgan fingerprint density at radius 2 is 2.00 bits per heavy atom. The van der Waals surface area contributed by atoms with Crippen molar-refractivity contribution in [2.24, 2.45) is 22.7 Å². The van der Waals surface area contributed by atoms with Gasteiger partial charge >= 0.3 is 0 Å². The van der Waals surface area contributed by atoms with Crippen molar-refractivity contribution in [2.45, 2.75) is 70.6 Å². The van der Waals surface area contributed by atoms with E-state index in [1.54, 1.807) is 0 Å². The van der Waals surface area contributed by atoms with Gasteiger partial charge in [0.15, 0.2) is 5.96 Å². The van der Waals surface area contributed by atoms with Crippen LogP contribution in [0.4, 0.5) is 0 Å². The minimum absolute atomic E-state index is 0.0852. The number of aliphatic imine (C=N–C) groups is 1. The number of nitrogens with zero attached hydrogens (tertiary/aromatic N) is 1. The molecule has 1 aliphatic carbocycles. The molecule has 1 amide bonds. The van der Waals surface area contributed by atoms with Gasteiger partial charge in [-0.05, 0) is 13.3 Å². The van der Waals surface area contributed by atoms with Crippen molar-refractivity contribution >= 4 is 11.9 Å². The number of nitrogens with one attached hydrogen (secondary N) is 2. The van der Waals surface area contributed by atoms with E-state index < -0.39 is 18.3 Å². The third-order valence-electron chi connectivity index (χ3n) is 5.51. The number of carbonyl (C=O) groups is 1. The van der Waals surface area contributed by atoms with E-state index in [1.807, 2.05) is 26.8 Å². The van der Waals surface area contributed by atoms with E-state index in [-0.39, 0.29) is 41.8 Å². The average Bonchev–Trinajstić information content (AvgIpc) is 3.10. The van der Waals surface area contributed by atoms with Crippen molar-refractivity contribution in [3.05, 3.63) is 12.2 Å². The first-order valence-corrected chi connectivity index (χ1v) is 9.18. The SMILES string of the molecule is CC[C@H]1O[C@@H](C2C=CC3C(C)NC(NC(=O)C(C)C)=NC32)[C@@H](O)C1O. The molecule has 0 saturated carbocycles. The predicted molar refractivity (Wildman–Crippen MR) is 93.9 cm³/mol. The van der Waals surface area contributed by atoms with Gasteiger partial charge in [0.2, 0.25) is 5.91 Å². The Kier molecular flexibility index (Phi) is 5.18. The molecule has 7 heteroatoms.